The molecule has 1 aliphatic heterocycles. The van der Waals surface area contributed by atoms with Crippen molar-refractivity contribution in [3.8, 4) is 0 Å². The number of benzene rings is 1. The summed E-state index contributed by atoms with van der Waals surface area (Å²) in [6.07, 6.45) is 1.50. The number of esters is 1. The van der Waals surface area contributed by atoms with E-state index in [1.807, 2.05) is 0 Å². The van der Waals surface area contributed by atoms with Crippen molar-refractivity contribution in [3.63, 3.8) is 0 Å². The second-order valence-corrected chi connectivity index (χ2v) is 7.93. The summed E-state index contributed by atoms with van der Waals surface area (Å²) < 4.78 is 38.3. The Balaban J connectivity index is 1.64. The van der Waals surface area contributed by atoms with Crippen LogP contribution in [0.4, 0.5) is 0 Å². The standard InChI is InChI=1S/C18H20N2O6S/c21-17-6-1-2-7-19(17)13-18(22)26-14-15-4-3-5-16(12-15)27(23,24)20-8-10-25-11-9-20/h1-7,12H,8-11,13-14H2. The number of ether oxygens (including phenoxy) is 2. The molecule has 0 spiro atoms. The van der Waals surface area contributed by atoms with Crippen molar-refractivity contribution < 1.29 is 22.7 Å². The second kappa shape index (κ2) is 8.47. The third-order valence-electron chi connectivity index (χ3n) is 4.10. The van der Waals surface area contributed by atoms with Gasteiger partial charge in [-0.3, -0.25) is 9.59 Å². The van der Waals surface area contributed by atoms with Gasteiger partial charge in [0.25, 0.3) is 5.56 Å². The van der Waals surface area contributed by atoms with Crippen molar-refractivity contribution in [1.82, 2.24) is 8.87 Å². The molecule has 9 heteroatoms. The van der Waals surface area contributed by atoms with Gasteiger partial charge in [-0.05, 0) is 23.8 Å². The number of aromatic nitrogens is 1. The highest BCUT2D eigenvalue weighted by molar-refractivity contribution is 7.89. The van der Waals surface area contributed by atoms with Gasteiger partial charge in [0, 0.05) is 25.4 Å². The van der Waals surface area contributed by atoms with Crippen molar-refractivity contribution >= 4 is 16.0 Å². The topological polar surface area (TPSA) is 94.9 Å². The molecule has 1 aromatic carbocycles. The monoisotopic (exact) mass is 392 g/mol. The number of morpholine rings is 1. The Morgan fingerprint density at radius 2 is 1.89 bits per heavy atom. The van der Waals surface area contributed by atoms with Crippen LogP contribution in [0.1, 0.15) is 5.56 Å². The van der Waals surface area contributed by atoms with Crippen LogP contribution < -0.4 is 5.56 Å². The molecule has 0 unspecified atom stereocenters. The molecular weight excluding hydrogens is 372 g/mol. The summed E-state index contributed by atoms with van der Waals surface area (Å²) in [6, 6.07) is 10.9. The Morgan fingerprint density at radius 3 is 2.63 bits per heavy atom. The number of pyridine rings is 1. The van der Waals surface area contributed by atoms with Crippen LogP contribution in [0.15, 0.2) is 58.4 Å². The average molecular weight is 392 g/mol. The minimum atomic E-state index is -3.61. The second-order valence-electron chi connectivity index (χ2n) is 5.99. The minimum Gasteiger partial charge on any atom is -0.459 e. The average Bonchev–Trinajstić information content (AvgIpc) is 2.69. The molecule has 27 heavy (non-hydrogen) atoms. The molecule has 1 fully saturated rings. The smallest absolute Gasteiger partial charge is 0.326 e. The molecule has 2 aromatic rings. The van der Waals surface area contributed by atoms with Crippen molar-refractivity contribution in [2.45, 2.75) is 18.0 Å². The van der Waals surface area contributed by atoms with Gasteiger partial charge in [0.2, 0.25) is 10.0 Å². The van der Waals surface area contributed by atoms with E-state index in [2.05, 4.69) is 0 Å². The van der Waals surface area contributed by atoms with E-state index in [1.165, 1.54) is 33.3 Å². The van der Waals surface area contributed by atoms with Gasteiger partial charge >= 0.3 is 5.97 Å². The maximum absolute atomic E-state index is 12.7. The van der Waals surface area contributed by atoms with E-state index in [-0.39, 0.29) is 23.6 Å². The molecule has 0 radical (unpaired) electrons. The maximum Gasteiger partial charge on any atom is 0.326 e. The number of hydrogen-bond donors (Lipinski definition) is 0. The van der Waals surface area contributed by atoms with Gasteiger partial charge in [-0.15, -0.1) is 0 Å². The third-order valence-corrected chi connectivity index (χ3v) is 6.00. The Labute approximate surface area is 157 Å². The molecular formula is C18H20N2O6S. The van der Waals surface area contributed by atoms with E-state index in [0.29, 0.717) is 31.9 Å². The number of nitrogens with zero attached hydrogens (tertiary/aromatic N) is 2. The zero-order valence-electron chi connectivity index (χ0n) is 14.6. The van der Waals surface area contributed by atoms with E-state index < -0.39 is 16.0 Å². The molecule has 0 atom stereocenters. The zero-order valence-corrected chi connectivity index (χ0v) is 15.4. The highest BCUT2D eigenvalue weighted by Crippen LogP contribution is 2.18. The lowest BCUT2D eigenvalue weighted by atomic mass is 10.2. The van der Waals surface area contributed by atoms with Gasteiger partial charge in [-0.1, -0.05) is 18.2 Å². The van der Waals surface area contributed by atoms with Crippen LogP contribution in [0.2, 0.25) is 0 Å². The van der Waals surface area contributed by atoms with E-state index in [1.54, 1.807) is 24.3 Å². The fraction of sp³-hybridized carbons (Fsp3) is 0.333. The first-order chi connectivity index (χ1) is 13.0. The predicted octanol–water partition coefficient (Wildman–Crippen LogP) is 0.613. The summed E-state index contributed by atoms with van der Waals surface area (Å²) in [4.78, 5) is 23.7. The van der Waals surface area contributed by atoms with Crippen LogP contribution in [0.3, 0.4) is 0 Å². The SMILES string of the molecule is O=C(Cn1ccccc1=O)OCc1cccc(S(=O)(=O)N2CCOCC2)c1. The summed E-state index contributed by atoms with van der Waals surface area (Å²) in [5.41, 5.74) is 0.256. The quantitative estimate of drug-likeness (QED) is 0.669. The molecule has 3 rings (SSSR count). The van der Waals surface area contributed by atoms with Crippen LogP contribution in [-0.4, -0.2) is 49.6 Å². The van der Waals surface area contributed by atoms with E-state index in [9.17, 15) is 18.0 Å². The minimum absolute atomic E-state index is 0.0765. The highest BCUT2D eigenvalue weighted by atomic mass is 32.2. The molecule has 0 aliphatic carbocycles. The van der Waals surface area contributed by atoms with E-state index in [4.69, 9.17) is 9.47 Å². The molecule has 144 valence electrons. The molecule has 0 bridgehead atoms. The number of sulfonamides is 1. The van der Waals surface area contributed by atoms with E-state index in [0.717, 1.165) is 0 Å². The van der Waals surface area contributed by atoms with Crippen molar-refractivity contribution in [3.05, 3.63) is 64.6 Å². The van der Waals surface area contributed by atoms with Crippen LogP contribution in [0.25, 0.3) is 0 Å². The van der Waals surface area contributed by atoms with Crippen LogP contribution in [0, 0.1) is 0 Å². The maximum atomic E-state index is 12.7. The molecule has 0 saturated carbocycles. The van der Waals surface area contributed by atoms with Crippen LogP contribution in [-0.2, 0) is 37.4 Å². The molecule has 0 N–H and O–H groups in total. The summed E-state index contributed by atoms with van der Waals surface area (Å²) in [5, 5.41) is 0. The normalized spacial score (nSPS) is 15.4. The van der Waals surface area contributed by atoms with Crippen molar-refractivity contribution in [2.75, 3.05) is 26.3 Å². The van der Waals surface area contributed by atoms with Gasteiger partial charge in [0.1, 0.15) is 13.2 Å². The molecule has 1 aromatic heterocycles. The fourth-order valence-electron chi connectivity index (χ4n) is 2.67. The summed E-state index contributed by atoms with van der Waals surface area (Å²) in [5.74, 6) is -0.579. The lowest BCUT2D eigenvalue weighted by molar-refractivity contribution is -0.145. The summed E-state index contributed by atoms with van der Waals surface area (Å²) in [6.45, 7) is 1.09. The van der Waals surface area contributed by atoms with Crippen LogP contribution >= 0.6 is 0 Å². The third kappa shape index (κ3) is 4.82. The molecule has 1 aliphatic rings. The largest absolute Gasteiger partial charge is 0.459 e. The molecule has 0 amide bonds. The highest BCUT2D eigenvalue weighted by Gasteiger charge is 2.26. The number of carbonyl (C=O) groups is 1. The number of carbonyl (C=O) groups excluding carboxylic acids is 1. The first-order valence-electron chi connectivity index (χ1n) is 8.45. The number of rotatable bonds is 6. The lowest BCUT2D eigenvalue weighted by Crippen LogP contribution is -2.40. The van der Waals surface area contributed by atoms with Crippen molar-refractivity contribution in [1.29, 1.82) is 0 Å². The van der Waals surface area contributed by atoms with Gasteiger partial charge in [0.05, 0.1) is 18.1 Å². The van der Waals surface area contributed by atoms with Crippen molar-refractivity contribution in [2.24, 2.45) is 0 Å². The van der Waals surface area contributed by atoms with Crippen LogP contribution in [0.5, 0.6) is 0 Å². The predicted molar refractivity (Wildman–Crippen MR) is 96.5 cm³/mol. The Hall–Kier alpha value is -2.49. The first-order valence-corrected chi connectivity index (χ1v) is 9.89. The van der Waals surface area contributed by atoms with Gasteiger partial charge in [-0.25, -0.2) is 8.42 Å². The fourth-order valence-corrected chi connectivity index (χ4v) is 4.15. The molecule has 8 nitrogen and oxygen atoms in total. The lowest BCUT2D eigenvalue weighted by Gasteiger charge is -2.26. The zero-order chi connectivity index (χ0) is 19.3. The summed E-state index contributed by atoms with van der Waals surface area (Å²) >= 11 is 0. The van der Waals surface area contributed by atoms with Gasteiger partial charge in [-0.2, -0.15) is 4.31 Å². The van der Waals surface area contributed by atoms with Gasteiger partial charge < -0.3 is 14.0 Å². The first kappa shape index (κ1) is 19.3. The summed E-state index contributed by atoms with van der Waals surface area (Å²) in [7, 11) is -3.61. The van der Waals surface area contributed by atoms with E-state index >= 15 is 0 Å². The van der Waals surface area contributed by atoms with Gasteiger partial charge in [0.15, 0.2) is 0 Å². The molecule has 2 heterocycles. The molecule has 1 saturated heterocycles. The number of hydrogen-bond acceptors (Lipinski definition) is 6. The Bertz CT molecular complexity index is 964. The Kier molecular flexibility index (Phi) is 6.04. The Morgan fingerprint density at radius 1 is 1.11 bits per heavy atom.